The number of nitrogens with two attached hydrogens (primary N) is 1. The van der Waals surface area contributed by atoms with Crippen LogP contribution in [0.1, 0.15) is 25.3 Å². The SMILES string of the molecule is C/C(=C\NC(=O)Nc1ccc(C)cc1N)C1CC1. The number of amides is 2. The number of carbonyl (C=O) groups excluding carboxylic acids is 1. The Hall–Kier alpha value is -1.97. The molecule has 1 aromatic carbocycles. The van der Waals surface area contributed by atoms with Crippen LogP contribution in [0.15, 0.2) is 30.0 Å². The Morgan fingerprint density at radius 2 is 2.17 bits per heavy atom. The highest BCUT2D eigenvalue weighted by molar-refractivity contribution is 5.93. The van der Waals surface area contributed by atoms with Crippen LogP contribution in [0.4, 0.5) is 16.2 Å². The molecule has 1 aromatic rings. The zero-order chi connectivity index (χ0) is 13.1. The van der Waals surface area contributed by atoms with Gasteiger partial charge in [0.2, 0.25) is 0 Å². The molecule has 96 valence electrons. The van der Waals surface area contributed by atoms with Crippen LogP contribution in [0, 0.1) is 12.8 Å². The number of carbonyl (C=O) groups is 1. The largest absolute Gasteiger partial charge is 0.397 e. The predicted octanol–water partition coefficient (Wildman–Crippen LogP) is 3.01. The Labute approximate surface area is 107 Å². The molecule has 0 atom stereocenters. The minimum atomic E-state index is -0.259. The standard InChI is InChI=1S/C14H19N3O/c1-9-3-6-13(12(15)7-9)17-14(18)16-8-10(2)11-4-5-11/h3,6-8,11H,4-5,15H2,1-2H3,(H2,16,17,18)/b10-8+. The van der Waals surface area contributed by atoms with Crippen molar-refractivity contribution in [1.29, 1.82) is 0 Å². The monoisotopic (exact) mass is 245 g/mol. The summed E-state index contributed by atoms with van der Waals surface area (Å²) in [4.78, 5) is 11.7. The summed E-state index contributed by atoms with van der Waals surface area (Å²) >= 11 is 0. The van der Waals surface area contributed by atoms with E-state index in [9.17, 15) is 4.79 Å². The molecule has 4 nitrogen and oxygen atoms in total. The number of urea groups is 1. The van der Waals surface area contributed by atoms with Crippen LogP contribution < -0.4 is 16.4 Å². The minimum Gasteiger partial charge on any atom is -0.397 e. The lowest BCUT2D eigenvalue weighted by molar-refractivity contribution is 0.255. The molecule has 2 amide bonds. The van der Waals surface area contributed by atoms with Crippen molar-refractivity contribution >= 4 is 17.4 Å². The van der Waals surface area contributed by atoms with Crippen LogP contribution in [-0.4, -0.2) is 6.03 Å². The number of allylic oxidation sites excluding steroid dienone is 1. The summed E-state index contributed by atoms with van der Waals surface area (Å²) in [5.74, 6) is 0.662. The molecule has 4 heteroatoms. The molecule has 0 spiro atoms. The zero-order valence-corrected chi connectivity index (χ0v) is 10.8. The highest BCUT2D eigenvalue weighted by Gasteiger charge is 2.22. The number of anilines is 2. The van der Waals surface area contributed by atoms with Gasteiger partial charge in [0.15, 0.2) is 0 Å². The van der Waals surface area contributed by atoms with Gasteiger partial charge in [-0.15, -0.1) is 0 Å². The molecule has 1 fully saturated rings. The summed E-state index contributed by atoms with van der Waals surface area (Å²) in [6.45, 7) is 4.00. The Kier molecular flexibility index (Phi) is 3.55. The lowest BCUT2D eigenvalue weighted by atomic mass is 10.2. The third-order valence-corrected chi connectivity index (χ3v) is 3.11. The predicted molar refractivity (Wildman–Crippen MR) is 74.2 cm³/mol. The van der Waals surface area contributed by atoms with E-state index in [1.54, 1.807) is 6.20 Å². The van der Waals surface area contributed by atoms with Crippen molar-refractivity contribution in [2.45, 2.75) is 26.7 Å². The zero-order valence-electron chi connectivity index (χ0n) is 10.8. The molecular formula is C14H19N3O. The first-order chi connectivity index (χ1) is 8.56. The number of aryl methyl sites for hydroxylation is 1. The fraction of sp³-hybridized carbons (Fsp3) is 0.357. The first-order valence-corrected chi connectivity index (χ1v) is 6.16. The molecule has 0 aromatic heterocycles. The Morgan fingerprint density at radius 1 is 1.44 bits per heavy atom. The summed E-state index contributed by atoms with van der Waals surface area (Å²) < 4.78 is 0. The number of nitrogens with one attached hydrogen (secondary N) is 2. The molecule has 0 saturated heterocycles. The van der Waals surface area contributed by atoms with E-state index in [-0.39, 0.29) is 6.03 Å². The van der Waals surface area contributed by atoms with Crippen molar-refractivity contribution in [2.24, 2.45) is 5.92 Å². The molecular weight excluding hydrogens is 226 g/mol. The van der Waals surface area contributed by atoms with Gasteiger partial charge in [0.25, 0.3) is 0 Å². The maximum atomic E-state index is 11.7. The lowest BCUT2D eigenvalue weighted by Gasteiger charge is -2.08. The summed E-state index contributed by atoms with van der Waals surface area (Å²) in [5.41, 5.74) is 9.33. The van der Waals surface area contributed by atoms with E-state index in [1.165, 1.54) is 18.4 Å². The maximum absolute atomic E-state index is 11.7. The molecule has 0 radical (unpaired) electrons. The van der Waals surface area contributed by atoms with Gasteiger partial charge in [-0.1, -0.05) is 11.6 Å². The van der Waals surface area contributed by atoms with Gasteiger partial charge in [-0.3, -0.25) is 0 Å². The van der Waals surface area contributed by atoms with E-state index >= 15 is 0 Å². The van der Waals surface area contributed by atoms with Crippen LogP contribution in [0.25, 0.3) is 0 Å². The van der Waals surface area contributed by atoms with Gasteiger partial charge >= 0.3 is 6.03 Å². The van der Waals surface area contributed by atoms with E-state index in [4.69, 9.17) is 5.73 Å². The first-order valence-electron chi connectivity index (χ1n) is 6.16. The molecule has 0 heterocycles. The molecule has 0 unspecified atom stereocenters. The third kappa shape index (κ3) is 3.26. The molecule has 0 bridgehead atoms. The average Bonchev–Trinajstić information content (AvgIpc) is 3.14. The number of rotatable bonds is 3. The van der Waals surface area contributed by atoms with E-state index < -0.39 is 0 Å². The molecule has 1 aliphatic carbocycles. The van der Waals surface area contributed by atoms with E-state index in [0.717, 1.165) is 5.56 Å². The summed E-state index contributed by atoms with van der Waals surface area (Å²) in [5, 5.41) is 5.46. The average molecular weight is 245 g/mol. The number of nitrogen functional groups attached to an aromatic ring is 1. The van der Waals surface area contributed by atoms with Crippen LogP contribution in [0.5, 0.6) is 0 Å². The number of benzene rings is 1. The van der Waals surface area contributed by atoms with Crippen molar-refractivity contribution in [2.75, 3.05) is 11.1 Å². The topological polar surface area (TPSA) is 67.2 Å². The van der Waals surface area contributed by atoms with Gasteiger partial charge in [0.05, 0.1) is 11.4 Å². The first kappa shape index (κ1) is 12.5. The second-order valence-corrected chi connectivity index (χ2v) is 4.85. The number of hydrogen-bond acceptors (Lipinski definition) is 2. The van der Waals surface area contributed by atoms with Crippen molar-refractivity contribution in [3.8, 4) is 0 Å². The normalized spacial score (nSPS) is 15.3. The highest BCUT2D eigenvalue weighted by Crippen LogP contribution is 2.35. The summed E-state index contributed by atoms with van der Waals surface area (Å²) in [6, 6.07) is 5.30. The fourth-order valence-electron chi connectivity index (χ4n) is 1.79. The minimum absolute atomic E-state index is 0.259. The molecule has 18 heavy (non-hydrogen) atoms. The Bertz CT molecular complexity index is 490. The smallest absolute Gasteiger partial charge is 0.323 e. The van der Waals surface area contributed by atoms with Crippen LogP contribution in [0.3, 0.4) is 0 Å². The second-order valence-electron chi connectivity index (χ2n) is 4.85. The molecule has 1 saturated carbocycles. The molecule has 0 aliphatic heterocycles. The van der Waals surface area contributed by atoms with Gasteiger partial charge in [0, 0.05) is 6.20 Å². The van der Waals surface area contributed by atoms with Gasteiger partial charge in [-0.05, 0) is 50.3 Å². The van der Waals surface area contributed by atoms with Crippen LogP contribution >= 0.6 is 0 Å². The highest BCUT2D eigenvalue weighted by atomic mass is 16.2. The molecule has 2 rings (SSSR count). The van der Waals surface area contributed by atoms with Crippen molar-refractivity contribution in [3.63, 3.8) is 0 Å². The Balaban J connectivity index is 1.92. The third-order valence-electron chi connectivity index (χ3n) is 3.11. The Morgan fingerprint density at radius 3 is 2.78 bits per heavy atom. The van der Waals surface area contributed by atoms with Gasteiger partial charge in [0.1, 0.15) is 0 Å². The second kappa shape index (κ2) is 5.12. The van der Waals surface area contributed by atoms with Crippen LogP contribution in [0.2, 0.25) is 0 Å². The maximum Gasteiger partial charge on any atom is 0.323 e. The van der Waals surface area contributed by atoms with Crippen LogP contribution in [-0.2, 0) is 0 Å². The van der Waals surface area contributed by atoms with E-state index in [0.29, 0.717) is 17.3 Å². The van der Waals surface area contributed by atoms with E-state index in [1.807, 2.05) is 32.0 Å². The summed E-state index contributed by atoms with van der Waals surface area (Å²) in [6.07, 6.45) is 4.24. The van der Waals surface area contributed by atoms with Crippen molar-refractivity contribution in [3.05, 3.63) is 35.5 Å². The molecule has 4 N–H and O–H groups in total. The quantitative estimate of drug-likeness (QED) is 0.716. The number of hydrogen-bond donors (Lipinski definition) is 3. The fourth-order valence-corrected chi connectivity index (χ4v) is 1.79. The van der Waals surface area contributed by atoms with Crippen molar-refractivity contribution in [1.82, 2.24) is 5.32 Å². The van der Waals surface area contributed by atoms with Gasteiger partial charge in [-0.25, -0.2) is 4.79 Å². The summed E-state index contributed by atoms with van der Waals surface area (Å²) in [7, 11) is 0. The van der Waals surface area contributed by atoms with E-state index in [2.05, 4.69) is 10.6 Å². The van der Waals surface area contributed by atoms with Gasteiger partial charge in [-0.2, -0.15) is 0 Å². The molecule has 1 aliphatic rings. The lowest BCUT2D eigenvalue weighted by Crippen LogP contribution is -2.24. The van der Waals surface area contributed by atoms with Crippen molar-refractivity contribution < 1.29 is 4.79 Å². The van der Waals surface area contributed by atoms with Gasteiger partial charge < -0.3 is 16.4 Å².